The number of imide groups is 1. The predicted molar refractivity (Wildman–Crippen MR) is 86.0 cm³/mol. The molecule has 24 heavy (non-hydrogen) atoms. The van der Waals surface area contributed by atoms with Gasteiger partial charge >= 0.3 is 0 Å². The highest BCUT2D eigenvalue weighted by molar-refractivity contribution is 6.19. The summed E-state index contributed by atoms with van der Waals surface area (Å²) in [5, 5.41) is 0. The quantitative estimate of drug-likeness (QED) is 0.618. The van der Waals surface area contributed by atoms with Gasteiger partial charge in [0.05, 0.1) is 0 Å². The highest BCUT2D eigenvalue weighted by Crippen LogP contribution is 2.29. The Kier molecular flexibility index (Phi) is 4.22. The standard InChI is InChI=1S/C18H20N2O4/c1-11(2)15(21)14-18(24)19-10-6-9-13(19)17(23)20(14)16(22)12-7-4-3-5-8-12/h3-5,7-8,11,13-14H,6,9-10H2,1-2H3/t13-,14?/m0/s1. The van der Waals surface area contributed by atoms with E-state index in [1.165, 1.54) is 4.90 Å². The summed E-state index contributed by atoms with van der Waals surface area (Å²) in [7, 11) is 0. The van der Waals surface area contributed by atoms with Gasteiger partial charge in [-0.2, -0.15) is 0 Å². The molecule has 2 aliphatic rings. The van der Waals surface area contributed by atoms with Crippen LogP contribution in [0.1, 0.15) is 37.0 Å². The molecule has 6 nitrogen and oxygen atoms in total. The van der Waals surface area contributed by atoms with Gasteiger partial charge in [0.15, 0.2) is 11.8 Å². The van der Waals surface area contributed by atoms with Crippen LogP contribution in [0.25, 0.3) is 0 Å². The largest absolute Gasteiger partial charge is 0.328 e. The molecule has 2 heterocycles. The summed E-state index contributed by atoms with van der Waals surface area (Å²) < 4.78 is 0. The van der Waals surface area contributed by atoms with Crippen LogP contribution in [0, 0.1) is 5.92 Å². The molecule has 0 bridgehead atoms. The van der Waals surface area contributed by atoms with Crippen molar-refractivity contribution in [3.63, 3.8) is 0 Å². The summed E-state index contributed by atoms with van der Waals surface area (Å²) in [5.41, 5.74) is 0.298. The fourth-order valence-corrected chi connectivity index (χ4v) is 3.34. The van der Waals surface area contributed by atoms with E-state index in [1.807, 2.05) is 0 Å². The molecule has 6 heteroatoms. The number of carbonyl (C=O) groups is 4. The maximum Gasteiger partial charge on any atom is 0.261 e. The lowest BCUT2D eigenvalue weighted by Gasteiger charge is -2.40. The van der Waals surface area contributed by atoms with Crippen molar-refractivity contribution < 1.29 is 19.2 Å². The summed E-state index contributed by atoms with van der Waals surface area (Å²) >= 11 is 0. The minimum absolute atomic E-state index is 0.298. The highest BCUT2D eigenvalue weighted by atomic mass is 16.2. The topological polar surface area (TPSA) is 74.8 Å². The fraction of sp³-hybridized carbons (Fsp3) is 0.444. The summed E-state index contributed by atoms with van der Waals surface area (Å²) in [4.78, 5) is 53.5. The lowest BCUT2D eigenvalue weighted by molar-refractivity contribution is -0.160. The van der Waals surface area contributed by atoms with E-state index in [1.54, 1.807) is 44.2 Å². The first-order chi connectivity index (χ1) is 11.4. The molecule has 0 radical (unpaired) electrons. The second-order valence-electron chi connectivity index (χ2n) is 6.53. The molecule has 0 aliphatic carbocycles. The van der Waals surface area contributed by atoms with E-state index in [-0.39, 0.29) is 0 Å². The summed E-state index contributed by atoms with van der Waals surface area (Å²) in [6.07, 6.45) is 1.24. The number of Topliss-reactive ketones (excluding diaryl/α,β-unsaturated/α-hetero) is 1. The van der Waals surface area contributed by atoms with Crippen molar-refractivity contribution in [3.05, 3.63) is 35.9 Å². The lowest BCUT2D eigenvalue weighted by atomic mass is 9.94. The van der Waals surface area contributed by atoms with Crippen LogP contribution < -0.4 is 0 Å². The zero-order valence-electron chi connectivity index (χ0n) is 13.8. The molecular formula is C18H20N2O4. The van der Waals surface area contributed by atoms with Crippen LogP contribution in [0.3, 0.4) is 0 Å². The molecule has 1 unspecified atom stereocenters. The number of piperazine rings is 1. The third-order valence-electron chi connectivity index (χ3n) is 4.63. The molecule has 2 atom stereocenters. The second kappa shape index (κ2) is 6.19. The Bertz CT molecular complexity index is 698. The number of hydrogen-bond donors (Lipinski definition) is 0. The van der Waals surface area contributed by atoms with Gasteiger partial charge in [-0.25, -0.2) is 0 Å². The third kappa shape index (κ3) is 2.52. The van der Waals surface area contributed by atoms with Gasteiger partial charge < -0.3 is 4.90 Å². The van der Waals surface area contributed by atoms with Crippen molar-refractivity contribution in [3.8, 4) is 0 Å². The van der Waals surface area contributed by atoms with Gasteiger partial charge in [-0.3, -0.25) is 24.1 Å². The molecule has 0 aromatic heterocycles. The van der Waals surface area contributed by atoms with E-state index in [4.69, 9.17) is 0 Å². The van der Waals surface area contributed by atoms with Gasteiger partial charge in [-0.15, -0.1) is 0 Å². The van der Waals surface area contributed by atoms with Gasteiger partial charge in [0.2, 0.25) is 0 Å². The number of rotatable bonds is 3. The zero-order valence-corrected chi connectivity index (χ0v) is 13.8. The van der Waals surface area contributed by atoms with E-state index < -0.39 is 41.5 Å². The molecule has 2 aliphatic heterocycles. The Labute approximate surface area is 140 Å². The minimum Gasteiger partial charge on any atom is -0.328 e. The molecule has 3 rings (SSSR count). The number of carbonyl (C=O) groups excluding carboxylic acids is 4. The Morgan fingerprint density at radius 3 is 2.38 bits per heavy atom. The molecule has 2 fully saturated rings. The van der Waals surface area contributed by atoms with Crippen LogP contribution in [0.4, 0.5) is 0 Å². The number of nitrogens with zero attached hydrogens (tertiary/aromatic N) is 2. The first-order valence-corrected chi connectivity index (χ1v) is 8.20. The maximum atomic E-state index is 12.9. The third-order valence-corrected chi connectivity index (χ3v) is 4.63. The molecule has 0 saturated carbocycles. The van der Waals surface area contributed by atoms with Gasteiger partial charge in [0.1, 0.15) is 6.04 Å². The maximum absolute atomic E-state index is 12.9. The normalized spacial score (nSPS) is 23.6. The number of ketones is 1. The Morgan fingerprint density at radius 1 is 1.08 bits per heavy atom. The predicted octanol–water partition coefficient (Wildman–Crippen LogP) is 1.25. The van der Waals surface area contributed by atoms with E-state index in [0.717, 1.165) is 4.90 Å². The molecule has 2 saturated heterocycles. The molecule has 0 N–H and O–H groups in total. The van der Waals surface area contributed by atoms with Gasteiger partial charge in [-0.1, -0.05) is 32.0 Å². The number of fused-ring (bicyclic) bond motifs is 1. The minimum atomic E-state index is -1.35. The fourth-order valence-electron chi connectivity index (χ4n) is 3.34. The van der Waals surface area contributed by atoms with Crippen LogP contribution >= 0.6 is 0 Å². The van der Waals surface area contributed by atoms with Crippen LogP contribution in [0.5, 0.6) is 0 Å². The van der Waals surface area contributed by atoms with Crippen molar-refractivity contribution in [1.29, 1.82) is 0 Å². The highest BCUT2D eigenvalue weighted by Gasteiger charge is 2.53. The monoisotopic (exact) mass is 328 g/mol. The van der Waals surface area contributed by atoms with Crippen molar-refractivity contribution in [2.45, 2.75) is 38.8 Å². The van der Waals surface area contributed by atoms with Crippen molar-refractivity contribution >= 4 is 23.5 Å². The molecular weight excluding hydrogens is 308 g/mol. The smallest absolute Gasteiger partial charge is 0.261 e. The van der Waals surface area contributed by atoms with E-state index in [2.05, 4.69) is 0 Å². The number of amides is 3. The average molecular weight is 328 g/mol. The van der Waals surface area contributed by atoms with Gasteiger partial charge in [0.25, 0.3) is 17.7 Å². The van der Waals surface area contributed by atoms with Crippen molar-refractivity contribution in [2.24, 2.45) is 5.92 Å². The van der Waals surface area contributed by atoms with Crippen LogP contribution in [-0.4, -0.2) is 51.9 Å². The Balaban J connectivity index is 2.04. The van der Waals surface area contributed by atoms with Crippen LogP contribution in [0.15, 0.2) is 30.3 Å². The molecule has 0 spiro atoms. The van der Waals surface area contributed by atoms with E-state index >= 15 is 0 Å². The zero-order chi connectivity index (χ0) is 17.4. The van der Waals surface area contributed by atoms with E-state index in [9.17, 15) is 19.2 Å². The summed E-state index contributed by atoms with van der Waals surface area (Å²) in [6.45, 7) is 3.80. The van der Waals surface area contributed by atoms with Crippen molar-refractivity contribution in [2.75, 3.05) is 6.54 Å². The molecule has 1 aromatic rings. The van der Waals surface area contributed by atoms with Crippen molar-refractivity contribution in [1.82, 2.24) is 9.80 Å². The Morgan fingerprint density at radius 2 is 1.75 bits per heavy atom. The molecule has 3 amide bonds. The number of hydrogen-bond acceptors (Lipinski definition) is 4. The Hall–Kier alpha value is -2.50. The van der Waals surface area contributed by atoms with Gasteiger partial charge in [-0.05, 0) is 25.0 Å². The first-order valence-electron chi connectivity index (χ1n) is 8.20. The molecule has 1 aromatic carbocycles. The second-order valence-corrected chi connectivity index (χ2v) is 6.53. The summed E-state index contributed by atoms with van der Waals surface area (Å²) in [6, 6.07) is 6.32. The average Bonchev–Trinajstić information content (AvgIpc) is 3.07. The first kappa shape index (κ1) is 16.4. The van der Waals surface area contributed by atoms with E-state index in [0.29, 0.717) is 24.9 Å². The SMILES string of the molecule is CC(C)C(=O)C1C(=O)N2CCC[C@H]2C(=O)N1C(=O)c1ccccc1. The van der Waals surface area contributed by atoms with Gasteiger partial charge in [0, 0.05) is 18.0 Å². The number of benzene rings is 1. The lowest BCUT2D eigenvalue weighted by Crippen LogP contribution is -2.67. The van der Waals surface area contributed by atoms with Crippen LogP contribution in [0.2, 0.25) is 0 Å². The summed E-state index contributed by atoms with van der Waals surface area (Å²) in [5.74, 6) is -2.31. The van der Waals surface area contributed by atoms with Crippen LogP contribution in [-0.2, 0) is 14.4 Å². The molecule has 126 valence electrons.